The standard InChI is InChI=1S/C7H13NO2S/c1-6(9)5-8-11(10)7(2,3)4/h5H,1-4H3/t11-/m0/s1. The highest BCUT2D eigenvalue weighted by Gasteiger charge is 2.18. The van der Waals surface area contributed by atoms with Crippen LogP contribution in [0.5, 0.6) is 0 Å². The summed E-state index contributed by atoms with van der Waals surface area (Å²) in [4.78, 5) is 10.4. The summed E-state index contributed by atoms with van der Waals surface area (Å²) in [6.45, 7) is 6.80. The largest absolute Gasteiger partial charge is 0.293 e. The summed E-state index contributed by atoms with van der Waals surface area (Å²) in [7, 11) is -1.31. The van der Waals surface area contributed by atoms with Gasteiger partial charge in [-0.3, -0.25) is 4.79 Å². The van der Waals surface area contributed by atoms with Crippen LogP contribution < -0.4 is 0 Å². The van der Waals surface area contributed by atoms with Crippen molar-refractivity contribution in [1.29, 1.82) is 0 Å². The third kappa shape index (κ3) is 4.84. The average Bonchev–Trinajstić information content (AvgIpc) is 1.80. The van der Waals surface area contributed by atoms with Crippen LogP contribution in [-0.2, 0) is 15.8 Å². The van der Waals surface area contributed by atoms with Gasteiger partial charge in [-0.15, -0.1) is 0 Å². The molecule has 0 bridgehead atoms. The Labute approximate surface area is 69.5 Å². The van der Waals surface area contributed by atoms with E-state index in [1.54, 1.807) is 20.8 Å². The second-order valence-corrected chi connectivity index (χ2v) is 5.14. The van der Waals surface area contributed by atoms with E-state index in [0.717, 1.165) is 6.21 Å². The van der Waals surface area contributed by atoms with E-state index in [0.29, 0.717) is 0 Å². The third-order valence-corrected chi connectivity index (χ3v) is 2.20. The molecule has 0 saturated heterocycles. The molecule has 0 amide bonds. The van der Waals surface area contributed by atoms with Crippen LogP contribution in [0.4, 0.5) is 0 Å². The van der Waals surface area contributed by atoms with Gasteiger partial charge in [-0.25, -0.2) is 4.21 Å². The summed E-state index contributed by atoms with van der Waals surface area (Å²) < 4.78 is 14.3. The highest BCUT2D eigenvalue weighted by Crippen LogP contribution is 2.11. The fraction of sp³-hybridized carbons (Fsp3) is 0.714. The van der Waals surface area contributed by atoms with Crippen molar-refractivity contribution in [2.75, 3.05) is 0 Å². The van der Waals surface area contributed by atoms with Crippen LogP contribution in [0.1, 0.15) is 27.7 Å². The molecule has 0 unspecified atom stereocenters. The molecule has 0 heterocycles. The Bertz CT molecular complexity index is 203. The first-order chi connectivity index (χ1) is 4.84. The minimum atomic E-state index is -1.31. The lowest BCUT2D eigenvalue weighted by Crippen LogP contribution is -2.20. The molecule has 11 heavy (non-hydrogen) atoms. The van der Waals surface area contributed by atoms with Gasteiger partial charge in [0, 0.05) is 6.92 Å². The maximum Gasteiger partial charge on any atom is 0.171 e. The molecule has 64 valence electrons. The van der Waals surface area contributed by atoms with Crippen LogP contribution in [-0.4, -0.2) is 21.0 Å². The molecule has 0 rings (SSSR count). The monoisotopic (exact) mass is 175 g/mol. The van der Waals surface area contributed by atoms with Crippen LogP contribution in [0, 0.1) is 0 Å². The number of ketones is 1. The van der Waals surface area contributed by atoms with Crippen molar-refractivity contribution in [2.24, 2.45) is 4.40 Å². The lowest BCUT2D eigenvalue weighted by atomic mass is 10.3. The summed E-state index contributed by atoms with van der Waals surface area (Å²) in [5.74, 6) is -0.178. The number of carbonyl (C=O) groups excluding carboxylic acids is 1. The van der Waals surface area contributed by atoms with Crippen LogP contribution >= 0.6 is 0 Å². The van der Waals surface area contributed by atoms with Gasteiger partial charge in [0.15, 0.2) is 5.78 Å². The molecule has 4 heteroatoms. The first kappa shape index (κ1) is 10.5. The predicted octanol–water partition coefficient (Wildman–Crippen LogP) is 1.11. The van der Waals surface area contributed by atoms with Gasteiger partial charge in [0.1, 0.15) is 11.0 Å². The molecule has 0 aliphatic carbocycles. The number of carbonyl (C=O) groups is 1. The highest BCUT2D eigenvalue weighted by molar-refractivity contribution is 7.85. The number of hydrogen-bond acceptors (Lipinski definition) is 2. The zero-order chi connectivity index (χ0) is 9.07. The lowest BCUT2D eigenvalue weighted by Gasteiger charge is -2.12. The zero-order valence-corrected chi connectivity index (χ0v) is 8.07. The zero-order valence-electron chi connectivity index (χ0n) is 7.25. The maximum absolute atomic E-state index is 11.1. The van der Waals surface area contributed by atoms with E-state index >= 15 is 0 Å². The molecule has 0 spiro atoms. The average molecular weight is 175 g/mol. The second kappa shape index (κ2) is 3.76. The summed E-state index contributed by atoms with van der Waals surface area (Å²) in [5, 5.41) is 0. The second-order valence-electron chi connectivity index (χ2n) is 3.21. The van der Waals surface area contributed by atoms with Crippen molar-refractivity contribution >= 4 is 23.0 Å². The van der Waals surface area contributed by atoms with E-state index < -0.39 is 11.0 Å². The number of nitrogens with zero attached hydrogens (tertiary/aromatic N) is 1. The van der Waals surface area contributed by atoms with E-state index in [9.17, 15) is 9.00 Å². The summed E-state index contributed by atoms with van der Waals surface area (Å²) in [6, 6.07) is 0. The van der Waals surface area contributed by atoms with Crippen molar-refractivity contribution in [3.8, 4) is 0 Å². The highest BCUT2D eigenvalue weighted by atomic mass is 32.2. The van der Waals surface area contributed by atoms with E-state index in [1.165, 1.54) is 6.92 Å². The molecule has 0 saturated carbocycles. The first-order valence-corrected chi connectivity index (χ1v) is 4.41. The first-order valence-electron chi connectivity index (χ1n) is 3.30. The maximum atomic E-state index is 11.1. The Morgan fingerprint density at radius 1 is 1.45 bits per heavy atom. The smallest absolute Gasteiger partial charge is 0.171 e. The molecule has 0 fully saturated rings. The number of Topliss-reactive ketones (excluding diaryl/α,β-unsaturated/α-hetero) is 1. The third-order valence-electron chi connectivity index (χ3n) is 0.854. The Morgan fingerprint density at radius 2 is 1.91 bits per heavy atom. The van der Waals surface area contributed by atoms with Crippen LogP contribution in [0.3, 0.4) is 0 Å². The van der Waals surface area contributed by atoms with Gasteiger partial charge in [-0.05, 0) is 20.8 Å². The number of hydrogen-bond donors (Lipinski definition) is 0. The van der Waals surface area contributed by atoms with Crippen LogP contribution in [0.2, 0.25) is 0 Å². The molecule has 0 aliphatic heterocycles. The van der Waals surface area contributed by atoms with Gasteiger partial charge in [-0.2, -0.15) is 4.40 Å². The summed E-state index contributed by atoms with van der Waals surface area (Å²) in [5.41, 5.74) is 0. The molecule has 0 aromatic heterocycles. The van der Waals surface area contributed by atoms with Crippen molar-refractivity contribution in [2.45, 2.75) is 32.4 Å². The Morgan fingerprint density at radius 3 is 2.18 bits per heavy atom. The molecular weight excluding hydrogens is 162 g/mol. The molecule has 3 nitrogen and oxygen atoms in total. The van der Waals surface area contributed by atoms with Gasteiger partial charge in [-0.1, -0.05) is 0 Å². The quantitative estimate of drug-likeness (QED) is 0.590. The fourth-order valence-corrected chi connectivity index (χ4v) is 0.841. The van der Waals surface area contributed by atoms with E-state index in [-0.39, 0.29) is 10.5 Å². The van der Waals surface area contributed by atoms with Crippen molar-refractivity contribution in [1.82, 2.24) is 0 Å². The van der Waals surface area contributed by atoms with Crippen LogP contribution in [0.15, 0.2) is 4.40 Å². The minimum Gasteiger partial charge on any atom is -0.293 e. The van der Waals surface area contributed by atoms with Gasteiger partial charge in [0.2, 0.25) is 0 Å². The van der Waals surface area contributed by atoms with Crippen LogP contribution in [0.25, 0.3) is 0 Å². The van der Waals surface area contributed by atoms with Crippen molar-refractivity contribution < 1.29 is 9.00 Å². The normalized spacial score (nSPS) is 15.3. The lowest BCUT2D eigenvalue weighted by molar-refractivity contribution is -0.110. The molecule has 0 N–H and O–H groups in total. The molecular formula is C7H13NO2S. The SMILES string of the molecule is CC(=O)C=N[S@@](=O)C(C)(C)C. The van der Waals surface area contributed by atoms with Gasteiger partial charge >= 0.3 is 0 Å². The Kier molecular flexibility index (Phi) is 3.58. The summed E-state index contributed by atoms with van der Waals surface area (Å²) in [6.07, 6.45) is 1.10. The van der Waals surface area contributed by atoms with Gasteiger partial charge in [0.05, 0.1) is 11.0 Å². The molecule has 0 aromatic rings. The summed E-state index contributed by atoms with van der Waals surface area (Å²) >= 11 is 0. The Hall–Kier alpha value is -0.510. The van der Waals surface area contributed by atoms with E-state index in [4.69, 9.17) is 0 Å². The van der Waals surface area contributed by atoms with Crippen molar-refractivity contribution in [3.63, 3.8) is 0 Å². The molecule has 0 aromatic carbocycles. The van der Waals surface area contributed by atoms with E-state index in [1.807, 2.05) is 0 Å². The van der Waals surface area contributed by atoms with Crippen molar-refractivity contribution in [3.05, 3.63) is 0 Å². The molecule has 0 radical (unpaired) electrons. The Balaban J connectivity index is 4.20. The minimum absolute atomic E-state index is 0.178. The fourth-order valence-electron chi connectivity index (χ4n) is 0.280. The number of rotatable bonds is 2. The molecule has 1 atom stereocenters. The van der Waals surface area contributed by atoms with E-state index in [2.05, 4.69) is 4.40 Å². The molecule has 0 aliphatic rings. The van der Waals surface area contributed by atoms with Gasteiger partial charge < -0.3 is 0 Å². The topological polar surface area (TPSA) is 46.5 Å². The van der Waals surface area contributed by atoms with Gasteiger partial charge in [0.25, 0.3) is 0 Å². The predicted molar refractivity (Wildman–Crippen MR) is 47.1 cm³/mol.